The first-order valence-corrected chi connectivity index (χ1v) is 8.02. The normalized spacial score (nSPS) is 11.0. The van der Waals surface area contributed by atoms with Crippen LogP contribution in [0.2, 0.25) is 0 Å². The molecule has 0 saturated heterocycles. The predicted molar refractivity (Wildman–Crippen MR) is 98.4 cm³/mol. The van der Waals surface area contributed by atoms with E-state index in [1.165, 1.54) is 0 Å². The Labute approximate surface area is 145 Å². The number of hydrogen-bond acceptors (Lipinski definition) is 5. The van der Waals surface area contributed by atoms with Crippen LogP contribution in [0.5, 0.6) is 11.5 Å². The van der Waals surface area contributed by atoms with Gasteiger partial charge in [-0.05, 0) is 18.2 Å². The minimum Gasteiger partial charge on any atom is -0.496 e. The molecule has 1 N–H and O–H groups in total. The van der Waals surface area contributed by atoms with Crippen molar-refractivity contribution in [1.29, 1.82) is 0 Å². The molecule has 0 aliphatic rings. The van der Waals surface area contributed by atoms with Gasteiger partial charge in [-0.2, -0.15) is 4.98 Å². The number of nitrogens with one attached hydrogen (secondary N) is 1. The molecular formula is C20H18N2O3. The fraction of sp³-hybridized carbons (Fsp3) is 0.150. The zero-order chi connectivity index (χ0) is 17.2. The third kappa shape index (κ3) is 2.74. The second-order valence-electron chi connectivity index (χ2n) is 5.66. The van der Waals surface area contributed by atoms with Crippen LogP contribution in [0.15, 0.2) is 59.0 Å². The van der Waals surface area contributed by atoms with Gasteiger partial charge >= 0.3 is 0 Å². The first kappa shape index (κ1) is 15.3. The Morgan fingerprint density at radius 1 is 0.960 bits per heavy atom. The highest BCUT2D eigenvalue weighted by Crippen LogP contribution is 2.37. The van der Waals surface area contributed by atoms with Crippen LogP contribution in [0.25, 0.3) is 21.9 Å². The van der Waals surface area contributed by atoms with Crippen molar-refractivity contribution in [3.8, 4) is 11.5 Å². The number of methoxy groups -OCH3 is 2. The maximum atomic E-state index is 5.71. The van der Waals surface area contributed by atoms with Crippen molar-refractivity contribution in [2.24, 2.45) is 0 Å². The molecule has 0 fully saturated rings. The zero-order valence-electron chi connectivity index (χ0n) is 14.1. The van der Waals surface area contributed by atoms with E-state index >= 15 is 0 Å². The van der Waals surface area contributed by atoms with Crippen LogP contribution in [0.4, 0.5) is 6.01 Å². The van der Waals surface area contributed by atoms with Crippen molar-refractivity contribution < 1.29 is 13.9 Å². The number of benzene rings is 3. The molecule has 0 amide bonds. The predicted octanol–water partition coefficient (Wildman–Crippen LogP) is 4.61. The Balaban J connectivity index is 1.70. The molecule has 1 heterocycles. The lowest BCUT2D eigenvalue weighted by atomic mass is 10.0. The Hall–Kier alpha value is -3.21. The summed E-state index contributed by atoms with van der Waals surface area (Å²) >= 11 is 0. The zero-order valence-corrected chi connectivity index (χ0v) is 14.1. The van der Waals surface area contributed by atoms with Gasteiger partial charge in [0, 0.05) is 22.9 Å². The summed E-state index contributed by atoms with van der Waals surface area (Å²) in [5.74, 6) is 1.63. The topological polar surface area (TPSA) is 56.5 Å². The number of nitrogens with zero attached hydrogens (tertiary/aromatic N) is 1. The molecule has 126 valence electrons. The molecule has 0 aliphatic heterocycles. The fourth-order valence-electron chi connectivity index (χ4n) is 3.03. The quantitative estimate of drug-likeness (QED) is 0.577. The third-order valence-electron chi connectivity index (χ3n) is 4.18. The third-order valence-corrected chi connectivity index (χ3v) is 4.18. The summed E-state index contributed by atoms with van der Waals surface area (Å²) in [4.78, 5) is 4.44. The highest BCUT2D eigenvalue weighted by Gasteiger charge is 2.14. The molecule has 0 radical (unpaired) electrons. The highest BCUT2D eigenvalue weighted by atomic mass is 16.5. The summed E-state index contributed by atoms with van der Waals surface area (Å²) in [6, 6.07) is 18.2. The first-order valence-electron chi connectivity index (χ1n) is 8.02. The van der Waals surface area contributed by atoms with Crippen LogP contribution >= 0.6 is 0 Å². The van der Waals surface area contributed by atoms with Gasteiger partial charge in [0.25, 0.3) is 6.01 Å². The summed E-state index contributed by atoms with van der Waals surface area (Å²) < 4.78 is 16.9. The smallest absolute Gasteiger partial charge is 0.295 e. The molecule has 4 aromatic rings. The second-order valence-corrected chi connectivity index (χ2v) is 5.66. The molecule has 1 aromatic heterocycles. The van der Waals surface area contributed by atoms with Gasteiger partial charge in [0.15, 0.2) is 5.58 Å². The molecule has 3 aromatic carbocycles. The molecule has 25 heavy (non-hydrogen) atoms. The van der Waals surface area contributed by atoms with E-state index in [9.17, 15) is 0 Å². The van der Waals surface area contributed by atoms with E-state index in [1.54, 1.807) is 14.2 Å². The summed E-state index contributed by atoms with van der Waals surface area (Å²) in [5, 5.41) is 5.26. The van der Waals surface area contributed by atoms with E-state index < -0.39 is 0 Å². The Bertz CT molecular complexity index is 1010. The van der Waals surface area contributed by atoms with Gasteiger partial charge < -0.3 is 19.2 Å². The molecule has 4 rings (SSSR count). The van der Waals surface area contributed by atoms with Crippen molar-refractivity contribution in [3.05, 3.63) is 60.2 Å². The average Bonchev–Trinajstić information content (AvgIpc) is 3.08. The first-order chi connectivity index (χ1) is 12.3. The van der Waals surface area contributed by atoms with Crippen LogP contribution in [-0.2, 0) is 6.54 Å². The van der Waals surface area contributed by atoms with Gasteiger partial charge in [-0.1, -0.05) is 36.4 Å². The number of rotatable bonds is 5. The molecule has 0 spiro atoms. The van der Waals surface area contributed by atoms with E-state index in [0.29, 0.717) is 12.6 Å². The van der Waals surface area contributed by atoms with Crippen molar-refractivity contribution in [2.45, 2.75) is 6.54 Å². The lowest BCUT2D eigenvalue weighted by Gasteiger charge is -2.15. The second kappa shape index (κ2) is 6.36. The maximum Gasteiger partial charge on any atom is 0.295 e. The standard InChI is InChI=1S/C20H18N2O3/c1-23-18-11-13(19(24-2)15-8-4-3-7-14(15)18)12-21-20-22-16-9-5-6-10-17(16)25-20/h3-11H,12H2,1-2H3,(H,21,22). The number of ether oxygens (including phenoxy) is 2. The summed E-state index contributed by atoms with van der Waals surface area (Å²) in [7, 11) is 3.35. The van der Waals surface area contributed by atoms with Gasteiger partial charge in [0.05, 0.1) is 14.2 Å². The summed E-state index contributed by atoms with van der Waals surface area (Å²) in [5.41, 5.74) is 2.56. The number of aromatic nitrogens is 1. The number of oxazole rings is 1. The van der Waals surface area contributed by atoms with Gasteiger partial charge in [0.1, 0.15) is 17.0 Å². The molecule has 0 saturated carbocycles. The lowest BCUT2D eigenvalue weighted by molar-refractivity contribution is 0.406. The molecule has 0 atom stereocenters. The van der Waals surface area contributed by atoms with Crippen molar-refractivity contribution in [2.75, 3.05) is 19.5 Å². The molecular weight excluding hydrogens is 316 g/mol. The summed E-state index contributed by atoms with van der Waals surface area (Å²) in [6.45, 7) is 0.511. The number of fused-ring (bicyclic) bond motifs is 2. The number of hydrogen-bond donors (Lipinski definition) is 1. The largest absolute Gasteiger partial charge is 0.496 e. The maximum absolute atomic E-state index is 5.71. The van der Waals surface area contributed by atoms with Gasteiger partial charge in [-0.25, -0.2) is 0 Å². The minimum absolute atomic E-state index is 0.482. The van der Waals surface area contributed by atoms with E-state index in [-0.39, 0.29) is 0 Å². The highest BCUT2D eigenvalue weighted by molar-refractivity contribution is 5.94. The number of anilines is 1. The molecule has 5 heteroatoms. The Morgan fingerprint density at radius 2 is 1.72 bits per heavy atom. The molecule has 0 bridgehead atoms. The monoisotopic (exact) mass is 334 g/mol. The van der Waals surface area contributed by atoms with Crippen LogP contribution in [0, 0.1) is 0 Å². The van der Waals surface area contributed by atoms with Crippen LogP contribution in [0.3, 0.4) is 0 Å². The van der Waals surface area contributed by atoms with Crippen molar-refractivity contribution in [3.63, 3.8) is 0 Å². The Kier molecular flexibility index (Phi) is 3.90. The summed E-state index contributed by atoms with van der Waals surface area (Å²) in [6.07, 6.45) is 0. The van der Waals surface area contributed by atoms with Crippen LogP contribution < -0.4 is 14.8 Å². The Morgan fingerprint density at radius 3 is 2.48 bits per heavy atom. The van der Waals surface area contributed by atoms with E-state index in [0.717, 1.165) is 38.9 Å². The van der Waals surface area contributed by atoms with Crippen LogP contribution in [0.1, 0.15) is 5.56 Å². The molecule has 0 unspecified atom stereocenters. The lowest BCUT2D eigenvalue weighted by Crippen LogP contribution is -2.03. The van der Waals surface area contributed by atoms with Gasteiger partial charge in [0.2, 0.25) is 0 Å². The van der Waals surface area contributed by atoms with Gasteiger partial charge in [-0.3, -0.25) is 0 Å². The molecule has 0 aliphatic carbocycles. The van der Waals surface area contributed by atoms with E-state index in [4.69, 9.17) is 13.9 Å². The minimum atomic E-state index is 0.482. The van der Waals surface area contributed by atoms with Gasteiger partial charge in [-0.15, -0.1) is 0 Å². The molecule has 5 nitrogen and oxygen atoms in total. The SMILES string of the molecule is COc1cc(CNc2nc3ccccc3o2)c(OC)c2ccccc12. The van der Waals surface area contributed by atoms with Crippen molar-refractivity contribution in [1.82, 2.24) is 4.98 Å². The van der Waals surface area contributed by atoms with Crippen molar-refractivity contribution >= 4 is 27.9 Å². The average molecular weight is 334 g/mol. The number of para-hydroxylation sites is 2. The van der Waals surface area contributed by atoms with Crippen LogP contribution in [-0.4, -0.2) is 19.2 Å². The fourth-order valence-corrected chi connectivity index (χ4v) is 3.03. The van der Waals surface area contributed by atoms with E-state index in [2.05, 4.69) is 10.3 Å². The van der Waals surface area contributed by atoms with E-state index in [1.807, 2.05) is 54.6 Å².